The van der Waals surface area contributed by atoms with Gasteiger partial charge in [0.25, 0.3) is 0 Å². The molecular weight excluding hydrogens is 183 g/mol. The minimum Gasteiger partial charge on any atom is -0.478 e. The monoisotopic (exact) mass is 196 g/mol. The maximum absolute atomic E-state index is 13.0. The zero-order valence-corrected chi connectivity index (χ0v) is 8.25. The van der Waals surface area contributed by atoms with E-state index in [2.05, 4.69) is 0 Å². The largest absolute Gasteiger partial charge is 0.478 e. The predicted molar refractivity (Wildman–Crippen MR) is 51.9 cm³/mol. The third kappa shape index (κ3) is 2.55. The van der Waals surface area contributed by atoms with Crippen molar-refractivity contribution in [3.05, 3.63) is 35.1 Å². The first kappa shape index (κ1) is 10.7. The summed E-state index contributed by atoms with van der Waals surface area (Å²) in [7, 11) is 0. The van der Waals surface area contributed by atoms with Crippen LogP contribution in [0.25, 0.3) is 0 Å². The highest BCUT2D eigenvalue weighted by molar-refractivity contribution is 5.88. The minimum absolute atomic E-state index is 0.247. The Kier molecular flexibility index (Phi) is 3.23. The summed E-state index contributed by atoms with van der Waals surface area (Å²) in [5, 5.41) is 8.68. The summed E-state index contributed by atoms with van der Waals surface area (Å²) in [6.07, 6.45) is 0.764. The highest BCUT2D eigenvalue weighted by Gasteiger charge is 2.10. The Morgan fingerprint density at radius 1 is 1.50 bits per heavy atom. The van der Waals surface area contributed by atoms with Crippen LogP contribution in [-0.4, -0.2) is 11.1 Å². The second kappa shape index (κ2) is 4.22. The van der Waals surface area contributed by atoms with Crippen LogP contribution >= 0.6 is 0 Å². The lowest BCUT2D eigenvalue weighted by atomic mass is 10.0. The molecule has 0 aliphatic heterocycles. The second-order valence-electron chi connectivity index (χ2n) is 3.72. The lowest BCUT2D eigenvalue weighted by molar-refractivity contribution is 0.0691. The van der Waals surface area contributed by atoms with Crippen molar-refractivity contribution in [3.63, 3.8) is 0 Å². The quantitative estimate of drug-likeness (QED) is 0.807. The van der Waals surface area contributed by atoms with Gasteiger partial charge in [0.15, 0.2) is 0 Å². The summed E-state index contributed by atoms with van der Waals surface area (Å²) >= 11 is 0. The highest BCUT2D eigenvalue weighted by atomic mass is 19.1. The van der Waals surface area contributed by atoms with Gasteiger partial charge in [0, 0.05) is 0 Å². The van der Waals surface area contributed by atoms with E-state index in [0.29, 0.717) is 5.92 Å². The molecule has 0 heterocycles. The number of hydrogen-bond donors (Lipinski definition) is 1. The van der Waals surface area contributed by atoms with Crippen LogP contribution in [0.15, 0.2) is 18.2 Å². The Hall–Kier alpha value is -1.38. The van der Waals surface area contributed by atoms with Crippen LogP contribution in [0.3, 0.4) is 0 Å². The molecule has 14 heavy (non-hydrogen) atoms. The Morgan fingerprint density at radius 2 is 2.14 bits per heavy atom. The molecule has 2 nitrogen and oxygen atoms in total. The molecule has 0 fully saturated rings. The Bertz CT molecular complexity index is 345. The van der Waals surface area contributed by atoms with Crippen molar-refractivity contribution in [2.24, 2.45) is 5.92 Å². The molecule has 0 saturated carbocycles. The van der Waals surface area contributed by atoms with Crippen molar-refractivity contribution in [1.29, 1.82) is 0 Å². The summed E-state index contributed by atoms with van der Waals surface area (Å²) in [6.45, 7) is 4.06. The van der Waals surface area contributed by atoms with Gasteiger partial charge in [-0.25, -0.2) is 9.18 Å². The molecule has 1 rings (SSSR count). The molecule has 0 saturated heterocycles. The molecule has 76 valence electrons. The molecule has 0 aliphatic carbocycles. The lowest BCUT2D eigenvalue weighted by Crippen LogP contribution is -2.03. The molecular formula is C11H13FO2. The van der Waals surface area contributed by atoms with Gasteiger partial charge in [-0.2, -0.15) is 0 Å². The Balaban J connectivity index is 3.00. The summed E-state index contributed by atoms with van der Waals surface area (Å²) in [4.78, 5) is 10.6. The Labute approximate surface area is 82.4 Å². The van der Waals surface area contributed by atoms with E-state index in [0.717, 1.165) is 12.0 Å². The van der Waals surface area contributed by atoms with Crippen LogP contribution in [-0.2, 0) is 6.42 Å². The van der Waals surface area contributed by atoms with E-state index in [9.17, 15) is 9.18 Å². The molecule has 0 aliphatic rings. The maximum Gasteiger partial charge on any atom is 0.338 e. The van der Waals surface area contributed by atoms with Crippen molar-refractivity contribution >= 4 is 5.97 Å². The summed E-state index contributed by atoms with van der Waals surface area (Å²) in [5.41, 5.74) is 0.613. The number of halogens is 1. The molecule has 0 amide bonds. The minimum atomic E-state index is -1.21. The maximum atomic E-state index is 13.0. The highest BCUT2D eigenvalue weighted by Crippen LogP contribution is 2.13. The summed E-state index contributed by atoms with van der Waals surface area (Å²) < 4.78 is 13.0. The van der Waals surface area contributed by atoms with Crippen molar-refractivity contribution < 1.29 is 14.3 Å². The molecule has 0 spiro atoms. The molecule has 0 atom stereocenters. The molecule has 0 bridgehead atoms. The van der Waals surface area contributed by atoms with Gasteiger partial charge in [-0.15, -0.1) is 0 Å². The standard InChI is InChI=1S/C11H13FO2/c1-7(2)5-8-3-4-10(12)9(6-8)11(13)14/h3-4,6-7H,5H2,1-2H3,(H,13,14). The summed E-state index contributed by atoms with van der Waals surface area (Å²) in [6, 6.07) is 4.24. The first-order chi connectivity index (χ1) is 6.50. The lowest BCUT2D eigenvalue weighted by Gasteiger charge is -2.06. The van der Waals surface area contributed by atoms with Crippen molar-refractivity contribution in [2.75, 3.05) is 0 Å². The van der Waals surface area contributed by atoms with Gasteiger partial charge in [0.2, 0.25) is 0 Å². The summed E-state index contributed by atoms with van der Waals surface area (Å²) in [5.74, 6) is -1.46. The first-order valence-corrected chi connectivity index (χ1v) is 4.52. The second-order valence-corrected chi connectivity index (χ2v) is 3.72. The van der Waals surface area contributed by atoms with Gasteiger partial charge in [-0.3, -0.25) is 0 Å². The van der Waals surface area contributed by atoms with Crippen LogP contribution in [0.5, 0.6) is 0 Å². The number of carboxylic acid groups (broad SMARTS) is 1. The fourth-order valence-corrected chi connectivity index (χ4v) is 1.33. The van der Waals surface area contributed by atoms with E-state index in [-0.39, 0.29) is 5.56 Å². The number of hydrogen-bond acceptors (Lipinski definition) is 1. The van der Waals surface area contributed by atoms with E-state index in [1.165, 1.54) is 12.1 Å². The van der Waals surface area contributed by atoms with E-state index in [1.54, 1.807) is 6.07 Å². The average Bonchev–Trinajstić information content (AvgIpc) is 2.07. The fourth-order valence-electron chi connectivity index (χ4n) is 1.33. The Morgan fingerprint density at radius 3 is 2.64 bits per heavy atom. The molecule has 1 N–H and O–H groups in total. The number of carbonyl (C=O) groups is 1. The normalized spacial score (nSPS) is 10.6. The van der Waals surface area contributed by atoms with Gasteiger partial charge >= 0.3 is 5.97 Å². The third-order valence-corrected chi connectivity index (χ3v) is 1.91. The molecule has 1 aromatic carbocycles. The number of benzene rings is 1. The predicted octanol–water partition coefficient (Wildman–Crippen LogP) is 2.72. The van der Waals surface area contributed by atoms with Crippen molar-refractivity contribution in [2.45, 2.75) is 20.3 Å². The van der Waals surface area contributed by atoms with E-state index >= 15 is 0 Å². The molecule has 0 radical (unpaired) electrons. The van der Waals surface area contributed by atoms with E-state index < -0.39 is 11.8 Å². The van der Waals surface area contributed by atoms with Crippen LogP contribution in [0.2, 0.25) is 0 Å². The third-order valence-electron chi connectivity index (χ3n) is 1.91. The van der Waals surface area contributed by atoms with E-state index in [1.807, 2.05) is 13.8 Å². The SMILES string of the molecule is CC(C)Cc1ccc(F)c(C(=O)O)c1. The zero-order valence-electron chi connectivity index (χ0n) is 8.25. The molecule has 0 aromatic heterocycles. The van der Waals surface area contributed by atoms with Gasteiger partial charge in [0.05, 0.1) is 5.56 Å². The average molecular weight is 196 g/mol. The zero-order chi connectivity index (χ0) is 10.7. The fraction of sp³-hybridized carbons (Fsp3) is 0.364. The van der Waals surface area contributed by atoms with Gasteiger partial charge in [-0.1, -0.05) is 19.9 Å². The van der Waals surface area contributed by atoms with Crippen molar-refractivity contribution in [3.8, 4) is 0 Å². The van der Waals surface area contributed by atoms with Gasteiger partial charge in [-0.05, 0) is 30.0 Å². The smallest absolute Gasteiger partial charge is 0.338 e. The van der Waals surface area contributed by atoms with Crippen molar-refractivity contribution in [1.82, 2.24) is 0 Å². The van der Waals surface area contributed by atoms with Gasteiger partial charge < -0.3 is 5.11 Å². The molecule has 3 heteroatoms. The van der Waals surface area contributed by atoms with Crippen LogP contribution in [0, 0.1) is 11.7 Å². The van der Waals surface area contributed by atoms with Crippen LogP contribution in [0.4, 0.5) is 4.39 Å². The first-order valence-electron chi connectivity index (χ1n) is 4.52. The van der Waals surface area contributed by atoms with Crippen LogP contribution in [0.1, 0.15) is 29.8 Å². The van der Waals surface area contributed by atoms with Gasteiger partial charge in [0.1, 0.15) is 5.82 Å². The molecule has 0 unspecified atom stereocenters. The molecule has 1 aromatic rings. The van der Waals surface area contributed by atoms with E-state index in [4.69, 9.17) is 5.11 Å². The number of aromatic carboxylic acids is 1. The number of rotatable bonds is 3. The topological polar surface area (TPSA) is 37.3 Å². The number of carboxylic acids is 1. The van der Waals surface area contributed by atoms with Crippen LogP contribution < -0.4 is 0 Å².